The normalized spacial score (nSPS) is 19.9. The van der Waals surface area contributed by atoms with E-state index in [1.807, 2.05) is 0 Å². The van der Waals surface area contributed by atoms with Crippen molar-refractivity contribution in [3.05, 3.63) is 21.4 Å². The Kier molecular flexibility index (Phi) is 4.07. The fraction of sp³-hybridized carbons (Fsp3) is 0.667. The van der Waals surface area contributed by atoms with Crippen molar-refractivity contribution >= 4 is 17.2 Å². The van der Waals surface area contributed by atoms with E-state index in [9.17, 15) is 4.79 Å². The van der Waals surface area contributed by atoms with Crippen molar-refractivity contribution in [2.45, 2.75) is 57.4 Å². The third-order valence-electron chi connectivity index (χ3n) is 4.58. The molecule has 1 aliphatic heterocycles. The van der Waals surface area contributed by atoms with Crippen LogP contribution in [0.5, 0.6) is 0 Å². The maximum absolute atomic E-state index is 12.5. The Bertz CT molecular complexity index is 687. The second-order valence-corrected chi connectivity index (χ2v) is 7.35. The van der Waals surface area contributed by atoms with Crippen LogP contribution in [0.25, 0.3) is 0 Å². The molecule has 0 saturated carbocycles. The van der Waals surface area contributed by atoms with E-state index in [1.54, 1.807) is 16.0 Å². The topological polar surface area (TPSA) is 85.6 Å². The van der Waals surface area contributed by atoms with Crippen molar-refractivity contribution in [2.75, 3.05) is 6.54 Å². The fourth-order valence-electron chi connectivity index (χ4n) is 3.37. The molecule has 1 N–H and O–H groups in total. The number of hydrogen-bond donors (Lipinski definition) is 1. The molecular formula is C15H20N6OS. The van der Waals surface area contributed by atoms with Crippen molar-refractivity contribution in [1.29, 1.82) is 0 Å². The second-order valence-electron chi connectivity index (χ2n) is 6.18. The Hall–Kier alpha value is -1.83. The summed E-state index contributed by atoms with van der Waals surface area (Å²) in [5.74, 6) is 0.508. The van der Waals surface area contributed by atoms with Gasteiger partial charge in [-0.1, -0.05) is 6.42 Å². The van der Waals surface area contributed by atoms with E-state index in [0.29, 0.717) is 12.4 Å². The van der Waals surface area contributed by atoms with Gasteiger partial charge in [-0.3, -0.25) is 4.79 Å². The van der Waals surface area contributed by atoms with E-state index in [4.69, 9.17) is 0 Å². The lowest BCUT2D eigenvalue weighted by Gasteiger charge is -2.12. The molecular weight excluding hydrogens is 312 g/mol. The molecule has 0 fully saturated rings. The van der Waals surface area contributed by atoms with Gasteiger partial charge < -0.3 is 5.32 Å². The van der Waals surface area contributed by atoms with E-state index in [0.717, 1.165) is 43.7 Å². The molecule has 1 unspecified atom stereocenters. The molecule has 122 valence electrons. The highest BCUT2D eigenvalue weighted by atomic mass is 32.1. The Morgan fingerprint density at radius 2 is 2.26 bits per heavy atom. The molecule has 0 spiro atoms. The smallest absolute Gasteiger partial charge is 0.230 e. The number of carbonyl (C=O) groups is 1. The summed E-state index contributed by atoms with van der Waals surface area (Å²) in [6.07, 6.45) is 7.18. The zero-order chi connectivity index (χ0) is 15.6. The van der Waals surface area contributed by atoms with E-state index >= 15 is 0 Å². The van der Waals surface area contributed by atoms with Crippen LogP contribution in [0.4, 0.5) is 0 Å². The van der Waals surface area contributed by atoms with E-state index in [1.165, 1.54) is 23.4 Å². The van der Waals surface area contributed by atoms with Crippen molar-refractivity contribution in [3.63, 3.8) is 0 Å². The first-order chi connectivity index (χ1) is 11.3. The van der Waals surface area contributed by atoms with Gasteiger partial charge in [0.25, 0.3) is 0 Å². The molecule has 1 aliphatic carbocycles. The van der Waals surface area contributed by atoms with Crippen molar-refractivity contribution in [2.24, 2.45) is 0 Å². The number of nitrogens with zero attached hydrogens (tertiary/aromatic N) is 5. The van der Waals surface area contributed by atoms with Crippen LogP contribution in [-0.2, 0) is 30.6 Å². The van der Waals surface area contributed by atoms with Crippen LogP contribution >= 0.6 is 11.3 Å². The number of thiazole rings is 1. The average molecular weight is 332 g/mol. The zero-order valence-electron chi connectivity index (χ0n) is 13.0. The summed E-state index contributed by atoms with van der Waals surface area (Å²) in [7, 11) is 0. The first-order valence-corrected chi connectivity index (χ1v) is 9.14. The van der Waals surface area contributed by atoms with Crippen LogP contribution in [0.2, 0.25) is 0 Å². The summed E-state index contributed by atoms with van der Waals surface area (Å²) in [4.78, 5) is 18.6. The third kappa shape index (κ3) is 2.99. The monoisotopic (exact) mass is 332 g/mol. The highest BCUT2D eigenvalue weighted by Gasteiger charge is 2.28. The lowest BCUT2D eigenvalue weighted by atomic mass is 10.0. The number of fused-ring (bicyclic) bond motifs is 2. The lowest BCUT2D eigenvalue weighted by molar-refractivity contribution is -0.122. The second kappa shape index (κ2) is 6.35. The molecule has 4 rings (SSSR count). The van der Waals surface area contributed by atoms with E-state index in [2.05, 4.69) is 25.8 Å². The molecule has 0 radical (unpaired) electrons. The number of aryl methyl sites for hydroxylation is 3. The van der Waals surface area contributed by atoms with Crippen molar-refractivity contribution in [3.8, 4) is 0 Å². The largest absolute Gasteiger partial charge is 0.355 e. The van der Waals surface area contributed by atoms with E-state index in [-0.39, 0.29) is 11.8 Å². The maximum Gasteiger partial charge on any atom is 0.230 e. The van der Waals surface area contributed by atoms with Gasteiger partial charge in [-0.05, 0) is 42.5 Å². The molecule has 2 aliphatic rings. The SMILES string of the molecule is O=C(NCCc1nc2c(s1)CCC2)C1CCCCn2nnnc21. The summed E-state index contributed by atoms with van der Waals surface area (Å²) in [5.41, 5.74) is 1.28. The maximum atomic E-state index is 12.5. The van der Waals surface area contributed by atoms with Crippen LogP contribution in [-0.4, -0.2) is 37.6 Å². The molecule has 3 heterocycles. The van der Waals surface area contributed by atoms with Gasteiger partial charge >= 0.3 is 0 Å². The van der Waals surface area contributed by atoms with Gasteiger partial charge in [0.05, 0.1) is 16.6 Å². The first-order valence-electron chi connectivity index (χ1n) is 8.32. The Labute approximate surface area is 138 Å². The van der Waals surface area contributed by atoms with Crippen molar-refractivity contribution < 1.29 is 4.79 Å². The number of aromatic nitrogens is 5. The number of tetrazole rings is 1. The molecule has 0 saturated heterocycles. The highest BCUT2D eigenvalue weighted by molar-refractivity contribution is 7.11. The molecule has 0 bridgehead atoms. The number of rotatable bonds is 4. The minimum absolute atomic E-state index is 0.0343. The molecule has 2 aromatic heterocycles. The molecule has 0 aromatic carbocycles. The lowest BCUT2D eigenvalue weighted by Crippen LogP contribution is -2.32. The Morgan fingerprint density at radius 3 is 3.17 bits per heavy atom. The van der Waals surface area contributed by atoms with Gasteiger partial charge in [-0.25, -0.2) is 9.67 Å². The van der Waals surface area contributed by atoms with Crippen LogP contribution in [0.1, 0.15) is 53.0 Å². The van der Waals surface area contributed by atoms with Gasteiger partial charge in [-0.2, -0.15) is 0 Å². The number of hydrogen-bond acceptors (Lipinski definition) is 6. The number of nitrogens with one attached hydrogen (secondary N) is 1. The number of carbonyl (C=O) groups excluding carboxylic acids is 1. The summed E-state index contributed by atoms with van der Waals surface area (Å²) in [5, 5.41) is 15.9. The van der Waals surface area contributed by atoms with Gasteiger partial charge in [0.15, 0.2) is 5.82 Å². The van der Waals surface area contributed by atoms with Crippen LogP contribution in [0, 0.1) is 0 Å². The highest BCUT2D eigenvalue weighted by Crippen LogP contribution is 2.28. The molecule has 1 atom stereocenters. The summed E-state index contributed by atoms with van der Waals surface area (Å²) >= 11 is 1.80. The molecule has 8 heteroatoms. The molecule has 1 amide bonds. The minimum Gasteiger partial charge on any atom is -0.355 e. The summed E-state index contributed by atoms with van der Waals surface area (Å²) < 4.78 is 1.77. The Balaban J connectivity index is 1.35. The summed E-state index contributed by atoms with van der Waals surface area (Å²) in [6, 6.07) is 0. The Morgan fingerprint density at radius 1 is 1.30 bits per heavy atom. The van der Waals surface area contributed by atoms with Gasteiger partial charge in [0, 0.05) is 24.4 Å². The van der Waals surface area contributed by atoms with E-state index < -0.39 is 0 Å². The zero-order valence-corrected chi connectivity index (χ0v) is 13.8. The van der Waals surface area contributed by atoms with Gasteiger partial charge in [0.1, 0.15) is 0 Å². The van der Waals surface area contributed by atoms with Crippen molar-refractivity contribution in [1.82, 2.24) is 30.5 Å². The standard InChI is InChI=1S/C15H20N6OS/c22-15(10-4-1-2-9-21-14(10)18-19-20-21)16-8-7-13-17-11-5-3-6-12(11)23-13/h10H,1-9H2,(H,16,22). The predicted molar refractivity (Wildman–Crippen MR) is 85.3 cm³/mol. The van der Waals surface area contributed by atoms with Gasteiger partial charge in [0.2, 0.25) is 5.91 Å². The quantitative estimate of drug-likeness (QED) is 0.910. The fourth-order valence-corrected chi connectivity index (χ4v) is 4.53. The van der Waals surface area contributed by atoms with Crippen LogP contribution in [0.3, 0.4) is 0 Å². The first kappa shape index (κ1) is 14.7. The van der Waals surface area contributed by atoms with Crippen LogP contribution < -0.4 is 5.32 Å². The number of amides is 1. The average Bonchev–Trinajstić information content (AvgIpc) is 3.21. The summed E-state index contributed by atoms with van der Waals surface area (Å²) in [6.45, 7) is 1.43. The van der Waals surface area contributed by atoms with Crippen LogP contribution in [0.15, 0.2) is 0 Å². The van der Waals surface area contributed by atoms with Gasteiger partial charge in [-0.15, -0.1) is 16.4 Å². The molecule has 2 aromatic rings. The predicted octanol–water partition coefficient (Wildman–Crippen LogP) is 1.24. The molecule has 23 heavy (non-hydrogen) atoms. The minimum atomic E-state index is -0.228. The third-order valence-corrected chi connectivity index (χ3v) is 5.80. The molecule has 7 nitrogen and oxygen atoms in total.